The minimum Gasteiger partial charge on any atom is -0.484 e. The van der Waals surface area contributed by atoms with Crippen LogP contribution < -0.4 is 9.64 Å². The van der Waals surface area contributed by atoms with Crippen LogP contribution in [0, 0.1) is 0 Å². The van der Waals surface area contributed by atoms with E-state index in [0.717, 1.165) is 0 Å². The Hall–Kier alpha value is -1.95. The number of hydrogen-bond acceptors (Lipinski definition) is 3. The number of halogens is 3. The number of hydrogen-bond donors (Lipinski definition) is 0. The van der Waals surface area contributed by atoms with Gasteiger partial charge in [-0.15, -0.1) is 0 Å². The predicted octanol–water partition coefficient (Wildman–Crippen LogP) is 4.29. The molecule has 1 unspecified atom stereocenters. The number of anilines is 1. The lowest BCUT2D eigenvalue weighted by atomic mass is 10.1. The van der Waals surface area contributed by atoms with Crippen LogP contribution in [0.3, 0.4) is 0 Å². The van der Waals surface area contributed by atoms with E-state index >= 15 is 0 Å². The Morgan fingerprint density at radius 1 is 1.07 bits per heavy atom. The van der Waals surface area contributed by atoms with Crippen LogP contribution in [0.2, 0.25) is 15.1 Å². The van der Waals surface area contributed by atoms with Crippen molar-refractivity contribution in [2.24, 2.45) is 0 Å². The van der Waals surface area contributed by atoms with Crippen molar-refractivity contribution < 1.29 is 14.3 Å². The molecule has 2 amide bonds. The van der Waals surface area contributed by atoms with E-state index in [-0.39, 0.29) is 18.4 Å². The molecule has 1 atom stereocenters. The molecule has 1 aliphatic rings. The van der Waals surface area contributed by atoms with Gasteiger partial charge in [-0.05, 0) is 49.4 Å². The molecule has 1 fully saturated rings. The lowest BCUT2D eigenvalue weighted by molar-refractivity contribution is -0.142. The lowest BCUT2D eigenvalue weighted by Crippen LogP contribution is -2.58. The summed E-state index contributed by atoms with van der Waals surface area (Å²) in [6, 6.07) is 11.1. The van der Waals surface area contributed by atoms with Crippen molar-refractivity contribution in [3.05, 3.63) is 57.5 Å². The Bertz CT molecular complexity index is 858. The zero-order valence-electron chi connectivity index (χ0n) is 14.5. The second-order valence-electron chi connectivity index (χ2n) is 6.09. The molecule has 0 radical (unpaired) electrons. The summed E-state index contributed by atoms with van der Waals surface area (Å²) in [4.78, 5) is 28.4. The molecule has 8 heteroatoms. The first-order valence-corrected chi connectivity index (χ1v) is 9.44. The molecule has 5 nitrogen and oxygen atoms in total. The largest absolute Gasteiger partial charge is 0.484 e. The van der Waals surface area contributed by atoms with Gasteiger partial charge in [-0.3, -0.25) is 9.59 Å². The molecule has 27 heavy (non-hydrogen) atoms. The second kappa shape index (κ2) is 8.38. The predicted molar refractivity (Wildman–Crippen MR) is 107 cm³/mol. The Morgan fingerprint density at radius 2 is 1.74 bits per heavy atom. The highest BCUT2D eigenvalue weighted by atomic mass is 35.5. The summed E-state index contributed by atoms with van der Waals surface area (Å²) in [5.41, 5.74) is 0.586. The van der Waals surface area contributed by atoms with Gasteiger partial charge in [0.2, 0.25) is 5.91 Å². The van der Waals surface area contributed by atoms with Crippen molar-refractivity contribution in [3.63, 3.8) is 0 Å². The van der Waals surface area contributed by atoms with E-state index in [1.807, 2.05) is 0 Å². The summed E-state index contributed by atoms with van der Waals surface area (Å²) < 4.78 is 5.49. The summed E-state index contributed by atoms with van der Waals surface area (Å²) >= 11 is 18.0. The van der Waals surface area contributed by atoms with Gasteiger partial charge in [0.25, 0.3) is 5.91 Å². The Labute approximate surface area is 172 Å². The van der Waals surface area contributed by atoms with Gasteiger partial charge in [0.05, 0.1) is 10.7 Å². The van der Waals surface area contributed by atoms with Gasteiger partial charge >= 0.3 is 0 Å². The number of ether oxygens (including phenoxy) is 1. The van der Waals surface area contributed by atoms with Gasteiger partial charge in [0.15, 0.2) is 6.61 Å². The van der Waals surface area contributed by atoms with E-state index in [1.165, 1.54) is 4.90 Å². The Kier molecular flexibility index (Phi) is 6.15. The van der Waals surface area contributed by atoms with Crippen molar-refractivity contribution in [1.82, 2.24) is 4.90 Å². The molecule has 1 aliphatic heterocycles. The van der Waals surface area contributed by atoms with Crippen molar-refractivity contribution in [2.75, 3.05) is 24.6 Å². The molecular weight excluding hydrogens is 411 g/mol. The Balaban J connectivity index is 1.65. The van der Waals surface area contributed by atoms with Crippen LogP contribution in [0.15, 0.2) is 42.5 Å². The monoisotopic (exact) mass is 426 g/mol. The van der Waals surface area contributed by atoms with Gasteiger partial charge in [0.1, 0.15) is 11.8 Å². The molecular formula is C19H17Cl3N2O3. The van der Waals surface area contributed by atoms with Crippen LogP contribution in [0.4, 0.5) is 5.69 Å². The summed E-state index contributed by atoms with van der Waals surface area (Å²) in [5.74, 6) is 0.0799. The van der Waals surface area contributed by atoms with Crippen LogP contribution >= 0.6 is 34.8 Å². The van der Waals surface area contributed by atoms with E-state index < -0.39 is 6.04 Å². The van der Waals surface area contributed by atoms with Crippen molar-refractivity contribution >= 4 is 52.3 Å². The maximum Gasteiger partial charge on any atom is 0.261 e. The Morgan fingerprint density at radius 3 is 2.41 bits per heavy atom. The fourth-order valence-electron chi connectivity index (χ4n) is 2.91. The van der Waals surface area contributed by atoms with Gasteiger partial charge < -0.3 is 14.5 Å². The van der Waals surface area contributed by atoms with Gasteiger partial charge in [-0.25, -0.2) is 0 Å². The topological polar surface area (TPSA) is 49.9 Å². The molecule has 0 aromatic heterocycles. The number of nitrogens with zero attached hydrogens (tertiary/aromatic N) is 2. The number of carbonyl (C=O) groups excluding carboxylic acids is 2. The number of benzene rings is 2. The molecule has 1 heterocycles. The van der Waals surface area contributed by atoms with E-state index in [9.17, 15) is 9.59 Å². The fourth-order valence-corrected chi connectivity index (χ4v) is 3.55. The zero-order valence-corrected chi connectivity index (χ0v) is 16.8. The SMILES string of the molecule is CC1C(=O)N(c2ccc(Cl)cc2Cl)CCN1C(=O)COc1ccc(Cl)cc1. The average molecular weight is 428 g/mol. The highest BCUT2D eigenvalue weighted by Crippen LogP contribution is 2.31. The zero-order chi connectivity index (χ0) is 19.6. The highest BCUT2D eigenvalue weighted by molar-refractivity contribution is 6.36. The van der Waals surface area contributed by atoms with Crippen LogP contribution in [0.1, 0.15) is 6.92 Å². The third kappa shape index (κ3) is 4.49. The number of amides is 2. The summed E-state index contributed by atoms with van der Waals surface area (Å²) in [6.07, 6.45) is 0. The third-order valence-corrected chi connectivity index (χ3v) is 5.14. The summed E-state index contributed by atoms with van der Waals surface area (Å²) in [5, 5.41) is 1.48. The number of rotatable bonds is 4. The fraction of sp³-hybridized carbons (Fsp3) is 0.263. The van der Waals surface area contributed by atoms with Gasteiger partial charge in [0, 0.05) is 23.1 Å². The van der Waals surface area contributed by atoms with E-state index in [1.54, 1.807) is 54.3 Å². The van der Waals surface area contributed by atoms with Crippen molar-refractivity contribution in [2.45, 2.75) is 13.0 Å². The molecule has 0 aliphatic carbocycles. The molecule has 2 aromatic carbocycles. The molecule has 142 valence electrons. The van der Waals surface area contributed by atoms with Crippen LogP contribution in [-0.4, -0.2) is 42.5 Å². The number of carbonyl (C=O) groups is 2. The average Bonchev–Trinajstić information content (AvgIpc) is 2.64. The molecule has 0 bridgehead atoms. The standard InChI is InChI=1S/C19H17Cl3N2O3/c1-12-19(26)24(17-7-4-14(21)10-16(17)22)9-8-23(12)18(25)11-27-15-5-2-13(20)3-6-15/h2-7,10,12H,8-9,11H2,1H3. The van der Waals surface area contributed by atoms with Crippen LogP contribution in [-0.2, 0) is 9.59 Å². The molecule has 2 aromatic rings. The van der Waals surface area contributed by atoms with E-state index in [0.29, 0.717) is 39.6 Å². The first kappa shape index (κ1) is 19.8. The van der Waals surface area contributed by atoms with Gasteiger partial charge in [-0.2, -0.15) is 0 Å². The maximum absolute atomic E-state index is 12.8. The normalized spacial score (nSPS) is 17.2. The minimum atomic E-state index is -0.619. The van der Waals surface area contributed by atoms with Crippen LogP contribution in [0.25, 0.3) is 0 Å². The molecule has 0 saturated carbocycles. The van der Waals surface area contributed by atoms with E-state index in [2.05, 4.69) is 0 Å². The quantitative estimate of drug-likeness (QED) is 0.731. The molecule has 3 rings (SSSR count). The maximum atomic E-state index is 12.8. The molecule has 0 N–H and O–H groups in total. The number of piperazine rings is 1. The summed E-state index contributed by atoms with van der Waals surface area (Å²) in [6.45, 7) is 2.27. The third-order valence-electron chi connectivity index (χ3n) is 4.35. The van der Waals surface area contributed by atoms with Crippen molar-refractivity contribution in [3.8, 4) is 5.75 Å². The smallest absolute Gasteiger partial charge is 0.261 e. The first-order chi connectivity index (χ1) is 12.9. The second-order valence-corrected chi connectivity index (χ2v) is 7.37. The first-order valence-electron chi connectivity index (χ1n) is 8.31. The highest BCUT2D eigenvalue weighted by Gasteiger charge is 2.35. The van der Waals surface area contributed by atoms with Crippen molar-refractivity contribution in [1.29, 1.82) is 0 Å². The minimum absolute atomic E-state index is 0.152. The molecule has 0 spiro atoms. The van der Waals surface area contributed by atoms with Gasteiger partial charge in [-0.1, -0.05) is 34.8 Å². The summed E-state index contributed by atoms with van der Waals surface area (Å²) in [7, 11) is 0. The van der Waals surface area contributed by atoms with Crippen LogP contribution in [0.5, 0.6) is 5.75 Å². The molecule has 1 saturated heterocycles. The lowest BCUT2D eigenvalue weighted by Gasteiger charge is -2.39. The van der Waals surface area contributed by atoms with E-state index in [4.69, 9.17) is 39.5 Å².